The number of rotatable bonds is 3. The highest BCUT2D eigenvalue weighted by Gasteiger charge is 2.20. The van der Waals surface area contributed by atoms with Crippen molar-refractivity contribution >= 4 is 29.3 Å². The van der Waals surface area contributed by atoms with Crippen molar-refractivity contribution in [3.8, 4) is 0 Å². The third-order valence-corrected chi connectivity index (χ3v) is 3.82. The molecule has 0 aliphatic rings. The lowest BCUT2D eigenvalue weighted by atomic mass is 10.4. The predicted octanol–water partition coefficient (Wildman–Crippen LogP) is 0.677. The first-order valence-corrected chi connectivity index (χ1v) is 7.19. The zero-order chi connectivity index (χ0) is 15.6. The van der Waals surface area contributed by atoms with Crippen LogP contribution in [0.5, 0.6) is 0 Å². The van der Waals surface area contributed by atoms with E-state index in [1.54, 1.807) is 11.3 Å². The summed E-state index contributed by atoms with van der Waals surface area (Å²) in [5, 5.41) is 12.8. The van der Waals surface area contributed by atoms with E-state index in [1.807, 2.05) is 19.9 Å². The van der Waals surface area contributed by atoms with Crippen LogP contribution in [0, 0.1) is 13.8 Å². The van der Waals surface area contributed by atoms with Gasteiger partial charge in [0.05, 0.1) is 5.25 Å². The molecule has 21 heavy (non-hydrogen) atoms. The van der Waals surface area contributed by atoms with Crippen LogP contribution in [-0.4, -0.2) is 43.8 Å². The van der Waals surface area contributed by atoms with E-state index >= 15 is 0 Å². The summed E-state index contributed by atoms with van der Waals surface area (Å²) in [6.07, 6.45) is 0. The smallest absolute Gasteiger partial charge is 0.321 e. The van der Waals surface area contributed by atoms with E-state index in [-0.39, 0.29) is 0 Å². The number of aryl methyl sites for hydroxylation is 2. The van der Waals surface area contributed by atoms with E-state index < -0.39 is 17.2 Å². The van der Waals surface area contributed by atoms with E-state index in [0.29, 0.717) is 10.8 Å². The molecule has 3 amide bonds. The van der Waals surface area contributed by atoms with Crippen LogP contribution in [-0.2, 0) is 4.79 Å². The first-order chi connectivity index (χ1) is 9.92. The van der Waals surface area contributed by atoms with Gasteiger partial charge >= 0.3 is 6.03 Å². The maximum absolute atomic E-state index is 11.8. The van der Waals surface area contributed by atoms with Gasteiger partial charge in [-0.2, -0.15) is 0 Å². The zero-order valence-corrected chi connectivity index (χ0v) is 13.0. The van der Waals surface area contributed by atoms with Crippen LogP contribution in [0.2, 0.25) is 0 Å². The predicted molar refractivity (Wildman–Crippen MR) is 78.2 cm³/mol. The zero-order valence-electron chi connectivity index (χ0n) is 12.2. The van der Waals surface area contributed by atoms with Crippen molar-refractivity contribution < 1.29 is 9.59 Å². The molecule has 2 N–H and O–H groups in total. The number of aromatic nitrogens is 4. The van der Waals surface area contributed by atoms with Crippen LogP contribution in [0.15, 0.2) is 11.2 Å². The largest absolute Gasteiger partial charge is 0.341 e. The minimum absolute atomic E-state index is 0.395. The van der Waals surface area contributed by atoms with Gasteiger partial charge in [0, 0.05) is 18.8 Å². The second-order valence-corrected chi connectivity index (χ2v) is 5.76. The molecule has 2 aromatic heterocycles. The third kappa shape index (κ3) is 3.30. The van der Waals surface area contributed by atoms with Gasteiger partial charge in [-0.15, -0.1) is 10.2 Å². The number of nitrogens with one attached hydrogen (secondary N) is 2. The molecule has 112 valence electrons. The number of imide groups is 1. The van der Waals surface area contributed by atoms with E-state index in [9.17, 15) is 9.59 Å². The van der Waals surface area contributed by atoms with Gasteiger partial charge < -0.3 is 5.32 Å². The summed E-state index contributed by atoms with van der Waals surface area (Å²) < 4.78 is 1.78. The lowest BCUT2D eigenvalue weighted by Gasteiger charge is -2.10. The second-order valence-electron chi connectivity index (χ2n) is 4.45. The van der Waals surface area contributed by atoms with Gasteiger partial charge in [-0.3, -0.25) is 14.5 Å². The van der Waals surface area contributed by atoms with Gasteiger partial charge in [-0.1, -0.05) is 11.8 Å². The topological polar surface area (TPSA) is 101 Å². The molecular formula is C12H16N6O2S. The fourth-order valence-corrected chi connectivity index (χ4v) is 2.67. The van der Waals surface area contributed by atoms with Crippen molar-refractivity contribution in [3.63, 3.8) is 0 Å². The molecule has 0 aliphatic heterocycles. The van der Waals surface area contributed by atoms with E-state index in [4.69, 9.17) is 0 Å². The molecule has 0 aromatic carbocycles. The highest BCUT2D eigenvalue weighted by atomic mass is 32.2. The summed E-state index contributed by atoms with van der Waals surface area (Å²) in [4.78, 5) is 27.3. The Kier molecular flexibility index (Phi) is 4.41. The number of carbonyl (C=O) groups excluding carboxylic acids is 2. The summed E-state index contributed by atoms with van der Waals surface area (Å²) in [5.41, 5.74) is 1.54. The van der Waals surface area contributed by atoms with Crippen molar-refractivity contribution in [1.82, 2.24) is 30.2 Å². The number of carbonyl (C=O) groups is 2. The molecular weight excluding hydrogens is 292 g/mol. The van der Waals surface area contributed by atoms with Crippen LogP contribution in [0.3, 0.4) is 0 Å². The highest BCUT2D eigenvalue weighted by molar-refractivity contribution is 8.00. The average molecular weight is 308 g/mol. The number of hydrogen-bond acceptors (Lipinski definition) is 6. The van der Waals surface area contributed by atoms with E-state index in [1.165, 1.54) is 18.8 Å². The fourth-order valence-electron chi connectivity index (χ4n) is 1.77. The van der Waals surface area contributed by atoms with Crippen LogP contribution in [0.1, 0.15) is 18.4 Å². The van der Waals surface area contributed by atoms with E-state index in [2.05, 4.69) is 25.8 Å². The first kappa shape index (κ1) is 15.2. The molecule has 0 bridgehead atoms. The summed E-state index contributed by atoms with van der Waals surface area (Å²) in [5.74, 6) is 0.352. The number of nitrogens with zero attached hydrogens (tertiary/aromatic N) is 4. The first-order valence-electron chi connectivity index (χ1n) is 6.31. The Labute approximate surface area is 125 Å². The molecule has 2 rings (SSSR count). The number of amides is 3. The number of fused-ring (bicyclic) bond motifs is 1. The van der Waals surface area contributed by atoms with Crippen LogP contribution in [0.4, 0.5) is 4.79 Å². The van der Waals surface area contributed by atoms with E-state index in [0.717, 1.165) is 11.5 Å². The van der Waals surface area contributed by atoms with Gasteiger partial charge in [0.15, 0.2) is 10.8 Å². The molecule has 0 spiro atoms. The second kappa shape index (κ2) is 6.08. The van der Waals surface area contributed by atoms with Crippen molar-refractivity contribution in [3.05, 3.63) is 17.6 Å². The Bertz CT molecular complexity index is 698. The minimum atomic E-state index is -0.535. The molecule has 9 heteroatoms. The summed E-state index contributed by atoms with van der Waals surface area (Å²) >= 11 is 1.22. The maximum Gasteiger partial charge on any atom is 0.321 e. The van der Waals surface area contributed by atoms with Crippen LogP contribution in [0.25, 0.3) is 5.65 Å². The monoisotopic (exact) mass is 308 g/mol. The standard InChI is InChI=1S/C12H16N6O2S/c1-6-5-9-16-17-12(18(9)8(3)14-6)21-7(2)10(19)15-11(20)13-4/h5,7H,1-4H3,(H2,13,15,19,20)/t7-/m1/s1. The molecule has 0 saturated carbocycles. The molecule has 2 heterocycles. The van der Waals surface area contributed by atoms with Gasteiger partial charge in [0.25, 0.3) is 0 Å². The Morgan fingerprint density at radius 1 is 1.33 bits per heavy atom. The lowest BCUT2D eigenvalue weighted by molar-refractivity contribution is -0.119. The lowest BCUT2D eigenvalue weighted by Crippen LogP contribution is -2.41. The molecule has 8 nitrogen and oxygen atoms in total. The Morgan fingerprint density at radius 3 is 2.71 bits per heavy atom. The van der Waals surface area contributed by atoms with Gasteiger partial charge in [-0.05, 0) is 20.8 Å². The van der Waals surface area contributed by atoms with Crippen molar-refractivity contribution in [2.75, 3.05) is 7.05 Å². The van der Waals surface area contributed by atoms with Crippen molar-refractivity contribution in [2.45, 2.75) is 31.2 Å². The molecule has 0 radical (unpaired) electrons. The number of hydrogen-bond donors (Lipinski definition) is 2. The minimum Gasteiger partial charge on any atom is -0.341 e. The summed E-state index contributed by atoms with van der Waals surface area (Å²) in [7, 11) is 1.45. The summed E-state index contributed by atoms with van der Waals surface area (Å²) in [6.45, 7) is 5.43. The average Bonchev–Trinajstić information content (AvgIpc) is 2.81. The fraction of sp³-hybridized carbons (Fsp3) is 0.417. The normalized spacial score (nSPS) is 12.2. The number of thioether (sulfide) groups is 1. The van der Waals surface area contributed by atoms with Gasteiger partial charge in [0.2, 0.25) is 5.91 Å². The highest BCUT2D eigenvalue weighted by Crippen LogP contribution is 2.23. The molecule has 1 atom stereocenters. The molecule has 0 aliphatic carbocycles. The summed E-state index contributed by atoms with van der Waals surface area (Å²) in [6, 6.07) is 1.28. The maximum atomic E-state index is 11.8. The van der Waals surface area contributed by atoms with Gasteiger partial charge in [0.1, 0.15) is 5.82 Å². The van der Waals surface area contributed by atoms with Crippen LogP contribution < -0.4 is 10.6 Å². The van der Waals surface area contributed by atoms with Gasteiger partial charge in [-0.25, -0.2) is 9.78 Å². The van der Waals surface area contributed by atoms with Crippen molar-refractivity contribution in [1.29, 1.82) is 0 Å². The Hall–Kier alpha value is -2.16. The quantitative estimate of drug-likeness (QED) is 0.809. The van der Waals surface area contributed by atoms with Crippen LogP contribution >= 0.6 is 11.8 Å². The third-order valence-electron chi connectivity index (χ3n) is 2.77. The molecule has 2 aromatic rings. The Morgan fingerprint density at radius 2 is 2.05 bits per heavy atom. The Balaban J connectivity index is 2.20. The molecule has 0 unspecified atom stereocenters. The number of urea groups is 1. The molecule has 0 saturated heterocycles. The van der Waals surface area contributed by atoms with Crippen molar-refractivity contribution in [2.24, 2.45) is 0 Å². The SMILES string of the molecule is CNC(=O)NC(=O)[C@@H](C)Sc1nnc2cc(C)nc(C)n12. The molecule has 0 fully saturated rings.